The number of nitrogens with one attached hydrogen (secondary N) is 1. The van der Waals surface area contributed by atoms with E-state index in [1.54, 1.807) is 12.4 Å². The molecule has 0 spiro atoms. The highest BCUT2D eigenvalue weighted by Crippen LogP contribution is 2.36. The monoisotopic (exact) mass is 413 g/mol. The fourth-order valence-electron chi connectivity index (χ4n) is 4.23. The first-order valence-corrected chi connectivity index (χ1v) is 11.6. The first kappa shape index (κ1) is 18.5. The normalized spacial score (nSPS) is 24.2. The molecule has 2 atom stereocenters. The predicted molar refractivity (Wildman–Crippen MR) is 111 cm³/mol. The van der Waals surface area contributed by atoms with Crippen molar-refractivity contribution in [2.24, 2.45) is 0 Å². The molecule has 2 saturated heterocycles. The van der Waals surface area contributed by atoms with Gasteiger partial charge < -0.3 is 14.6 Å². The number of hydrogen-bond donors (Lipinski definition) is 1. The lowest BCUT2D eigenvalue weighted by Gasteiger charge is -2.34. The summed E-state index contributed by atoms with van der Waals surface area (Å²) in [5, 5.41) is 0.394. The van der Waals surface area contributed by atoms with Crippen molar-refractivity contribution in [1.82, 2.24) is 19.9 Å². The van der Waals surface area contributed by atoms with Gasteiger partial charge in [0.15, 0.2) is 15.7 Å². The Labute approximate surface area is 169 Å². The third kappa shape index (κ3) is 3.28. The van der Waals surface area contributed by atoms with E-state index in [2.05, 4.69) is 21.8 Å². The molecular weight excluding hydrogens is 390 g/mol. The Balaban J connectivity index is 1.69. The summed E-state index contributed by atoms with van der Waals surface area (Å²) in [4.78, 5) is 19.2. The van der Waals surface area contributed by atoms with Gasteiger partial charge in [0.2, 0.25) is 0 Å². The summed E-state index contributed by atoms with van der Waals surface area (Å²) >= 11 is 0. The summed E-state index contributed by atoms with van der Waals surface area (Å²) in [6.07, 6.45) is 6.63. The number of anilines is 1. The second-order valence-corrected chi connectivity index (χ2v) is 10.0. The van der Waals surface area contributed by atoms with Crippen LogP contribution in [0.3, 0.4) is 0 Å². The number of fused-ring (bicyclic) bond motifs is 1. The largest absolute Gasteiger partial charge is 0.377 e. The number of hydrogen-bond acceptors (Lipinski definition) is 7. The van der Waals surface area contributed by atoms with E-state index in [1.807, 2.05) is 18.3 Å². The van der Waals surface area contributed by atoms with Crippen molar-refractivity contribution >= 4 is 26.6 Å². The van der Waals surface area contributed by atoms with Crippen LogP contribution in [-0.4, -0.2) is 59.9 Å². The van der Waals surface area contributed by atoms with E-state index in [4.69, 9.17) is 14.7 Å². The molecule has 5 rings (SSSR count). The minimum atomic E-state index is -3.19. The van der Waals surface area contributed by atoms with Crippen molar-refractivity contribution in [1.29, 1.82) is 0 Å². The van der Waals surface area contributed by atoms with Crippen LogP contribution < -0.4 is 4.90 Å². The quantitative estimate of drug-likeness (QED) is 0.704. The van der Waals surface area contributed by atoms with Gasteiger partial charge in [-0.3, -0.25) is 4.98 Å². The van der Waals surface area contributed by atoms with Crippen LogP contribution in [0.2, 0.25) is 0 Å². The van der Waals surface area contributed by atoms with Gasteiger partial charge in [-0.15, -0.1) is 0 Å². The first-order valence-electron chi connectivity index (χ1n) is 9.89. The fourth-order valence-corrected chi connectivity index (χ4v) is 6.10. The molecule has 2 fully saturated rings. The summed E-state index contributed by atoms with van der Waals surface area (Å²) < 4.78 is 30.8. The zero-order valence-electron chi connectivity index (χ0n) is 16.2. The van der Waals surface area contributed by atoms with Gasteiger partial charge in [-0.2, -0.15) is 0 Å². The van der Waals surface area contributed by atoms with Crippen LogP contribution >= 0.6 is 0 Å². The lowest BCUT2D eigenvalue weighted by Crippen LogP contribution is -2.44. The summed E-state index contributed by atoms with van der Waals surface area (Å²) in [5.41, 5.74) is 2.27. The Kier molecular flexibility index (Phi) is 4.51. The SMILES string of the molecule is CC1COCCN1c1cc(C2CCCS2(=O)=O)nc(-c2cncc3[nH]ccc23)n1. The molecule has 29 heavy (non-hydrogen) atoms. The lowest BCUT2D eigenvalue weighted by molar-refractivity contribution is 0.0985. The maximum Gasteiger partial charge on any atom is 0.164 e. The number of aromatic amines is 1. The molecule has 5 heterocycles. The Bertz CT molecular complexity index is 1160. The smallest absolute Gasteiger partial charge is 0.164 e. The van der Waals surface area contributed by atoms with E-state index < -0.39 is 15.1 Å². The van der Waals surface area contributed by atoms with Crippen LogP contribution in [0, 0.1) is 0 Å². The number of rotatable bonds is 3. The zero-order valence-corrected chi connectivity index (χ0v) is 17.0. The van der Waals surface area contributed by atoms with Crippen LogP contribution in [0.25, 0.3) is 22.3 Å². The van der Waals surface area contributed by atoms with Crippen LogP contribution in [-0.2, 0) is 14.6 Å². The Morgan fingerprint density at radius 2 is 2.17 bits per heavy atom. The molecule has 0 aliphatic carbocycles. The van der Waals surface area contributed by atoms with E-state index >= 15 is 0 Å². The Hall–Kier alpha value is -2.52. The molecule has 152 valence electrons. The van der Waals surface area contributed by atoms with Crippen molar-refractivity contribution in [3.8, 4) is 11.4 Å². The van der Waals surface area contributed by atoms with Gasteiger partial charge in [0.05, 0.1) is 42.4 Å². The molecule has 8 nitrogen and oxygen atoms in total. The molecule has 0 aromatic carbocycles. The van der Waals surface area contributed by atoms with Crippen molar-refractivity contribution in [3.63, 3.8) is 0 Å². The third-order valence-corrected chi connectivity index (χ3v) is 7.97. The molecule has 2 aliphatic heterocycles. The molecular formula is C20H23N5O3S. The molecule has 1 N–H and O–H groups in total. The molecule has 0 radical (unpaired) electrons. The minimum absolute atomic E-state index is 0.153. The zero-order chi connectivity index (χ0) is 20.0. The second-order valence-electron chi connectivity index (χ2n) is 7.72. The molecule has 3 aromatic rings. The number of sulfone groups is 1. The van der Waals surface area contributed by atoms with Crippen molar-refractivity contribution in [3.05, 3.63) is 36.4 Å². The number of H-pyrrole nitrogens is 1. The number of nitrogens with zero attached hydrogens (tertiary/aromatic N) is 4. The maximum absolute atomic E-state index is 12.6. The van der Waals surface area contributed by atoms with Gasteiger partial charge in [-0.1, -0.05) is 0 Å². The van der Waals surface area contributed by atoms with Crippen molar-refractivity contribution in [2.75, 3.05) is 30.4 Å². The van der Waals surface area contributed by atoms with Crippen LogP contribution in [0.5, 0.6) is 0 Å². The minimum Gasteiger partial charge on any atom is -0.377 e. The summed E-state index contributed by atoms with van der Waals surface area (Å²) in [6, 6.07) is 3.97. The highest BCUT2D eigenvalue weighted by molar-refractivity contribution is 7.91. The van der Waals surface area contributed by atoms with Crippen molar-refractivity contribution in [2.45, 2.75) is 31.1 Å². The molecule has 3 aromatic heterocycles. The highest BCUT2D eigenvalue weighted by Gasteiger charge is 2.35. The van der Waals surface area contributed by atoms with Gasteiger partial charge in [-0.05, 0) is 25.8 Å². The molecule has 0 saturated carbocycles. The summed E-state index contributed by atoms with van der Waals surface area (Å²) in [6.45, 7) is 4.03. The Morgan fingerprint density at radius 1 is 1.28 bits per heavy atom. The van der Waals surface area contributed by atoms with Gasteiger partial charge in [0.1, 0.15) is 11.1 Å². The molecule has 0 amide bonds. The van der Waals surface area contributed by atoms with Crippen molar-refractivity contribution < 1.29 is 13.2 Å². The van der Waals surface area contributed by atoms with E-state index in [0.717, 1.165) is 22.3 Å². The topological polar surface area (TPSA) is 101 Å². The van der Waals surface area contributed by atoms with Crippen LogP contribution in [0.15, 0.2) is 30.7 Å². The highest BCUT2D eigenvalue weighted by atomic mass is 32.2. The average molecular weight is 414 g/mol. The van der Waals surface area contributed by atoms with Gasteiger partial charge in [0.25, 0.3) is 0 Å². The van der Waals surface area contributed by atoms with E-state index in [1.165, 1.54) is 0 Å². The first-order chi connectivity index (χ1) is 14.0. The van der Waals surface area contributed by atoms with E-state index in [0.29, 0.717) is 44.1 Å². The van der Waals surface area contributed by atoms with E-state index in [9.17, 15) is 8.42 Å². The molecule has 9 heteroatoms. The second kappa shape index (κ2) is 7.07. The van der Waals surface area contributed by atoms with E-state index in [-0.39, 0.29) is 11.8 Å². The summed E-state index contributed by atoms with van der Waals surface area (Å²) in [5.74, 6) is 1.47. The number of morpholine rings is 1. The lowest BCUT2D eigenvalue weighted by atomic mass is 10.1. The number of ether oxygens (including phenoxy) is 1. The molecule has 0 bridgehead atoms. The average Bonchev–Trinajstić information content (AvgIpc) is 3.33. The fraction of sp³-hybridized carbons (Fsp3) is 0.450. The van der Waals surface area contributed by atoms with Gasteiger partial charge >= 0.3 is 0 Å². The molecule has 2 aliphatic rings. The van der Waals surface area contributed by atoms with Gasteiger partial charge in [-0.25, -0.2) is 18.4 Å². The summed E-state index contributed by atoms with van der Waals surface area (Å²) in [7, 11) is -3.19. The predicted octanol–water partition coefficient (Wildman–Crippen LogP) is 2.49. The maximum atomic E-state index is 12.6. The number of aromatic nitrogens is 4. The third-order valence-electron chi connectivity index (χ3n) is 5.77. The standard InChI is InChI=1S/C20H23N5O3S/c1-13-12-28-7-6-25(13)19-9-16(18-3-2-8-29(18,26)27)23-20(24-19)15-10-21-11-17-14(15)4-5-22-17/h4-5,9-11,13,18,22H,2-3,6-8,12H2,1H3. The Morgan fingerprint density at radius 3 is 2.97 bits per heavy atom. The van der Waals surface area contributed by atoms with Crippen LogP contribution in [0.4, 0.5) is 5.82 Å². The number of pyridine rings is 1. The molecule has 2 unspecified atom stereocenters. The van der Waals surface area contributed by atoms with Crippen LogP contribution in [0.1, 0.15) is 30.7 Å². The van der Waals surface area contributed by atoms with Gasteiger partial charge in [0, 0.05) is 36.0 Å².